The van der Waals surface area contributed by atoms with E-state index in [1.54, 1.807) is 60.2 Å². The molecule has 2 unspecified atom stereocenters. The minimum absolute atomic E-state index is 0. The van der Waals surface area contributed by atoms with Crippen molar-refractivity contribution in [2.75, 3.05) is 13.2 Å². The first-order chi connectivity index (χ1) is 21.4. The summed E-state index contributed by atoms with van der Waals surface area (Å²) in [4.78, 5) is 28.9. The number of aromatic nitrogens is 2. The first-order valence-corrected chi connectivity index (χ1v) is 13.2. The van der Waals surface area contributed by atoms with E-state index < -0.39 is 0 Å². The number of hydrogen-bond acceptors (Lipinski definition) is 18. The summed E-state index contributed by atoms with van der Waals surface area (Å²) in [6.45, 7) is 12.1. The van der Waals surface area contributed by atoms with Crippen molar-refractivity contribution in [3.8, 4) is 0 Å². The van der Waals surface area contributed by atoms with E-state index in [9.17, 15) is 0 Å². The number of ether oxygens (including phenoxy) is 1. The first-order valence-electron chi connectivity index (χ1n) is 13.2. The molecule has 0 aromatic carbocycles. The lowest BCUT2D eigenvalue weighted by atomic mass is 10.2. The summed E-state index contributed by atoms with van der Waals surface area (Å²) in [6, 6.07) is -0.0227. The number of aliphatic imine (C=N–C) groups is 3. The number of hydrazine groups is 2. The quantitative estimate of drug-likeness (QED) is 0.429. The summed E-state index contributed by atoms with van der Waals surface area (Å²) in [5, 5.41) is 29.9. The molecule has 0 fully saturated rings. The van der Waals surface area contributed by atoms with E-state index in [0.29, 0.717) is 41.7 Å². The first kappa shape index (κ1) is 31.7. The van der Waals surface area contributed by atoms with Crippen molar-refractivity contribution in [1.82, 2.24) is 30.3 Å². The van der Waals surface area contributed by atoms with Gasteiger partial charge in [-0.05, 0) is 55.2 Å². The lowest BCUT2D eigenvalue weighted by Crippen LogP contribution is -2.36. The average molecular weight is 613 g/mol. The Kier molecular flexibility index (Phi) is 10.8. The molecule has 1 aromatic heterocycles. The number of fused-ring (bicyclic) bond motifs is 4. The normalized spacial score (nSPS) is 21.8. The van der Waals surface area contributed by atoms with E-state index in [4.69, 9.17) is 9.57 Å². The zero-order valence-electron chi connectivity index (χ0n) is 23.9. The molecule has 2 atom stereocenters. The molecule has 18 heteroatoms. The number of rotatable bonds is 0. The van der Waals surface area contributed by atoms with Crippen LogP contribution < -0.4 is 11.0 Å². The molecule has 0 saturated heterocycles. The fraction of sp³-hybridized carbons (Fsp3) is 0.259. The van der Waals surface area contributed by atoms with Gasteiger partial charge in [0.2, 0.25) is 17.6 Å². The summed E-state index contributed by atoms with van der Waals surface area (Å²) in [5.41, 5.74) is 1.78. The van der Waals surface area contributed by atoms with Crippen LogP contribution in [0.3, 0.4) is 0 Å². The molecule has 8 heterocycles. The van der Waals surface area contributed by atoms with Crippen LogP contribution >= 0.6 is 0 Å². The van der Waals surface area contributed by atoms with Crippen LogP contribution in [0.25, 0.3) is 0 Å². The van der Waals surface area contributed by atoms with Crippen LogP contribution in [-0.4, -0.2) is 79.9 Å². The molecule has 0 radical (unpaired) electrons. The zero-order valence-corrected chi connectivity index (χ0v) is 23.9. The van der Waals surface area contributed by atoms with Gasteiger partial charge in [0.1, 0.15) is 12.6 Å². The molecule has 18 nitrogen and oxygen atoms in total. The molecule has 0 amide bonds. The molecule has 0 saturated carbocycles. The molecule has 8 rings (SSSR count). The van der Waals surface area contributed by atoms with Gasteiger partial charge >= 0.3 is 0 Å². The van der Waals surface area contributed by atoms with Gasteiger partial charge in [-0.15, -0.1) is 20.4 Å². The molecular weight excluding hydrogens is 580 g/mol. The molecule has 7 aliphatic heterocycles. The highest BCUT2D eigenvalue weighted by Gasteiger charge is 2.21. The Morgan fingerprint density at radius 1 is 0.867 bits per heavy atom. The standard InChI is InChI=1S/C7H8N4.C7H7N3O.C6H7N5.C6H6N4O.CH4/c1-7-6-10-4-2-3-5-11(10)9-8-7;1-5-10-7-6(4-11-5)8-2-3-9-7;1-6-7-9-11-5-3-2-4-10(11)8-6;1-4-9-5-6(10-11-4)8-3-2-7-5;/h2-5H,1,6H2;2-3,6H,1,4H2;2-5H,1H3;2-4H,1H3;1H4. The van der Waals surface area contributed by atoms with Crippen LogP contribution in [0.1, 0.15) is 21.3 Å². The van der Waals surface area contributed by atoms with Crippen molar-refractivity contribution in [3.63, 3.8) is 0 Å². The highest BCUT2D eigenvalue weighted by atomic mass is 16.6. The van der Waals surface area contributed by atoms with Gasteiger partial charge in [0.15, 0.2) is 17.2 Å². The van der Waals surface area contributed by atoms with Gasteiger partial charge in [0.05, 0.1) is 18.4 Å². The van der Waals surface area contributed by atoms with Crippen LogP contribution in [0.2, 0.25) is 0 Å². The topological polar surface area (TPSA) is 181 Å². The van der Waals surface area contributed by atoms with Gasteiger partial charge in [0, 0.05) is 43.4 Å². The van der Waals surface area contributed by atoms with Crippen molar-refractivity contribution >= 4 is 24.1 Å². The Morgan fingerprint density at radius 2 is 1.58 bits per heavy atom. The number of allylic oxidation sites excluding steroid dienone is 4. The third-order valence-corrected chi connectivity index (χ3v) is 5.50. The third kappa shape index (κ3) is 8.89. The molecule has 0 aliphatic carbocycles. The monoisotopic (exact) mass is 612 g/mol. The summed E-state index contributed by atoms with van der Waals surface area (Å²) in [6.07, 6.45) is 21.1. The van der Waals surface area contributed by atoms with Crippen molar-refractivity contribution in [2.45, 2.75) is 33.5 Å². The summed E-state index contributed by atoms with van der Waals surface area (Å²) in [5.74, 6) is 1.77. The van der Waals surface area contributed by atoms with Crippen molar-refractivity contribution in [1.29, 1.82) is 0 Å². The van der Waals surface area contributed by atoms with Crippen molar-refractivity contribution in [2.24, 2.45) is 50.9 Å². The maximum atomic E-state index is 5.08. The number of amidine groups is 2. The lowest BCUT2D eigenvalue weighted by Gasteiger charge is -2.31. The second-order valence-electron chi connectivity index (χ2n) is 8.91. The second kappa shape index (κ2) is 15.3. The highest BCUT2D eigenvalue weighted by molar-refractivity contribution is 6.22. The lowest BCUT2D eigenvalue weighted by molar-refractivity contribution is 0.0566. The Hall–Kier alpha value is -6.20. The number of hydrazone groups is 1. The van der Waals surface area contributed by atoms with Gasteiger partial charge in [-0.25, -0.2) is 20.0 Å². The average Bonchev–Trinajstić information content (AvgIpc) is 3.05. The van der Waals surface area contributed by atoms with E-state index in [2.05, 4.69) is 74.0 Å². The predicted octanol–water partition coefficient (Wildman–Crippen LogP) is 2.75. The van der Waals surface area contributed by atoms with Crippen molar-refractivity contribution in [3.05, 3.63) is 97.2 Å². The fourth-order valence-corrected chi connectivity index (χ4v) is 3.54. The molecule has 1 aromatic rings. The molecule has 7 aliphatic rings. The van der Waals surface area contributed by atoms with E-state index in [-0.39, 0.29) is 19.7 Å². The summed E-state index contributed by atoms with van der Waals surface area (Å²) in [7, 11) is 0. The maximum Gasteiger partial charge on any atom is 0.236 e. The van der Waals surface area contributed by atoms with Crippen LogP contribution in [-0.2, 0) is 9.57 Å². The Balaban J connectivity index is 0.000000136. The fourth-order valence-electron chi connectivity index (χ4n) is 3.54. The molecule has 0 bridgehead atoms. The second-order valence-corrected chi connectivity index (χ2v) is 8.91. The Bertz CT molecular complexity index is 1680. The molecule has 45 heavy (non-hydrogen) atoms. The van der Waals surface area contributed by atoms with Crippen molar-refractivity contribution < 1.29 is 9.57 Å². The van der Waals surface area contributed by atoms with Crippen LogP contribution in [0.5, 0.6) is 0 Å². The van der Waals surface area contributed by atoms with Gasteiger partial charge in [-0.3, -0.25) is 10.0 Å². The van der Waals surface area contributed by atoms with Gasteiger partial charge in [-0.2, -0.15) is 15.2 Å². The summed E-state index contributed by atoms with van der Waals surface area (Å²) >= 11 is 0. The maximum absolute atomic E-state index is 5.08. The van der Waals surface area contributed by atoms with Gasteiger partial charge in [0.25, 0.3) is 0 Å². The van der Waals surface area contributed by atoms with Gasteiger partial charge < -0.3 is 9.57 Å². The SMILES string of the molecule is C.C=C1CN2C=CC=CN2N=N1.C=C1N=C2N=CC=NC2CO1.CC1=NN2C=CC=CN2N=N1.CC1N=c2nccnc2=NO1. The minimum Gasteiger partial charge on any atom is -0.475 e. The Labute approximate surface area is 258 Å². The van der Waals surface area contributed by atoms with E-state index in [1.165, 1.54) is 0 Å². The van der Waals surface area contributed by atoms with Gasteiger partial charge in [-0.1, -0.05) is 19.2 Å². The number of nitrogens with zero attached hydrogens (tertiary/aromatic N) is 16. The van der Waals surface area contributed by atoms with E-state index in [1.807, 2.05) is 47.9 Å². The van der Waals surface area contributed by atoms with Crippen LogP contribution in [0, 0.1) is 0 Å². The zero-order chi connectivity index (χ0) is 30.7. The largest absolute Gasteiger partial charge is 0.475 e. The van der Waals surface area contributed by atoms with Crippen LogP contribution in [0.15, 0.2) is 137 Å². The minimum atomic E-state index is -0.251. The third-order valence-electron chi connectivity index (χ3n) is 5.50. The smallest absolute Gasteiger partial charge is 0.236 e. The van der Waals surface area contributed by atoms with Crippen LogP contribution in [0.4, 0.5) is 0 Å². The number of hydrogen-bond donors (Lipinski definition) is 0. The Morgan fingerprint density at radius 3 is 2.40 bits per heavy atom. The molecule has 0 spiro atoms. The molecule has 0 N–H and O–H groups in total. The predicted molar refractivity (Wildman–Crippen MR) is 166 cm³/mol. The highest BCUT2D eigenvalue weighted by Crippen LogP contribution is 2.16. The molecular formula is C27H32N16O2. The summed E-state index contributed by atoms with van der Waals surface area (Å²) < 4.78 is 5.08. The molecule has 232 valence electrons. The van der Waals surface area contributed by atoms with E-state index in [0.717, 1.165) is 5.70 Å². The van der Waals surface area contributed by atoms with E-state index >= 15 is 0 Å².